The molecular weight excluding hydrogens is 444 g/mol. The molecule has 1 aromatic carbocycles. The van der Waals surface area contributed by atoms with E-state index in [2.05, 4.69) is 26.9 Å². The van der Waals surface area contributed by atoms with Gasteiger partial charge in [0.25, 0.3) is 5.91 Å². The highest BCUT2D eigenvalue weighted by Crippen LogP contribution is 2.30. The normalized spacial score (nSPS) is 14.2. The Bertz CT molecular complexity index is 1460. The largest absolute Gasteiger partial charge is 0.464 e. The van der Waals surface area contributed by atoms with Crippen molar-refractivity contribution in [1.29, 1.82) is 0 Å². The molecule has 0 saturated carbocycles. The number of aromatic nitrogens is 1. The number of anilines is 1. The van der Waals surface area contributed by atoms with Gasteiger partial charge in [0.05, 0.1) is 18.4 Å². The van der Waals surface area contributed by atoms with E-state index in [0.717, 1.165) is 39.6 Å². The fraction of sp³-hybridized carbons (Fsp3) is 0.259. The molecule has 0 atom stereocenters. The number of amides is 2. The summed E-state index contributed by atoms with van der Waals surface area (Å²) in [5.41, 5.74) is 8.69. The molecule has 0 unspecified atom stereocenters. The lowest BCUT2D eigenvalue weighted by Crippen LogP contribution is -2.23. The van der Waals surface area contributed by atoms with Crippen molar-refractivity contribution in [2.75, 3.05) is 5.32 Å². The van der Waals surface area contributed by atoms with Gasteiger partial charge in [-0.15, -0.1) is 0 Å². The molecule has 0 radical (unpaired) electrons. The van der Waals surface area contributed by atoms with Gasteiger partial charge >= 0.3 is 0 Å². The zero-order valence-corrected chi connectivity index (χ0v) is 19.9. The van der Waals surface area contributed by atoms with Crippen molar-refractivity contribution in [3.63, 3.8) is 0 Å². The quantitative estimate of drug-likeness (QED) is 0.399. The SMILES string of the molecule is Cc1cc(C)c2c(CC(=O)N/N=C3\CCCc4oc(C(=O)Nc5ccccn5)c(C)c43)coc2c1. The number of hydrogen-bond acceptors (Lipinski definition) is 6. The summed E-state index contributed by atoms with van der Waals surface area (Å²) in [5.74, 6) is 0.791. The van der Waals surface area contributed by atoms with Crippen molar-refractivity contribution < 1.29 is 18.4 Å². The molecular formula is C27H26N4O4. The number of furan rings is 2. The Labute approximate surface area is 202 Å². The third-order valence-corrected chi connectivity index (χ3v) is 6.20. The van der Waals surface area contributed by atoms with Crippen LogP contribution >= 0.6 is 0 Å². The van der Waals surface area contributed by atoms with E-state index in [0.29, 0.717) is 35.7 Å². The van der Waals surface area contributed by atoms with Gasteiger partial charge in [0.1, 0.15) is 17.2 Å². The summed E-state index contributed by atoms with van der Waals surface area (Å²) < 4.78 is 11.6. The Balaban J connectivity index is 1.34. The number of fused-ring (bicyclic) bond motifs is 2. The van der Waals surface area contributed by atoms with Crippen LogP contribution in [0.2, 0.25) is 0 Å². The van der Waals surface area contributed by atoms with Crippen LogP contribution < -0.4 is 10.7 Å². The lowest BCUT2D eigenvalue weighted by molar-refractivity contribution is -0.120. The van der Waals surface area contributed by atoms with E-state index in [1.165, 1.54) is 0 Å². The van der Waals surface area contributed by atoms with E-state index in [-0.39, 0.29) is 24.0 Å². The molecule has 0 saturated heterocycles. The monoisotopic (exact) mass is 470 g/mol. The fourth-order valence-electron chi connectivity index (χ4n) is 4.71. The van der Waals surface area contributed by atoms with Gasteiger partial charge in [0.2, 0.25) is 5.91 Å². The fourth-order valence-corrected chi connectivity index (χ4v) is 4.71. The molecule has 178 valence electrons. The number of pyridine rings is 1. The molecule has 3 aromatic heterocycles. The Kier molecular flexibility index (Phi) is 5.94. The van der Waals surface area contributed by atoms with Gasteiger partial charge in [0, 0.05) is 34.7 Å². The minimum atomic E-state index is -0.364. The first-order chi connectivity index (χ1) is 16.9. The van der Waals surface area contributed by atoms with Gasteiger partial charge in [-0.3, -0.25) is 9.59 Å². The van der Waals surface area contributed by atoms with E-state index >= 15 is 0 Å². The Morgan fingerprint density at radius 1 is 1.14 bits per heavy atom. The highest BCUT2D eigenvalue weighted by Gasteiger charge is 2.28. The van der Waals surface area contributed by atoms with E-state index < -0.39 is 0 Å². The minimum Gasteiger partial charge on any atom is -0.464 e. The van der Waals surface area contributed by atoms with Crippen LogP contribution in [0.5, 0.6) is 0 Å². The topological polar surface area (TPSA) is 110 Å². The molecule has 35 heavy (non-hydrogen) atoms. The highest BCUT2D eigenvalue weighted by atomic mass is 16.4. The molecule has 2 N–H and O–H groups in total. The maximum atomic E-state index is 12.8. The Morgan fingerprint density at radius 3 is 2.80 bits per heavy atom. The third-order valence-electron chi connectivity index (χ3n) is 6.20. The second kappa shape index (κ2) is 9.21. The number of benzene rings is 1. The van der Waals surface area contributed by atoms with Gasteiger partial charge in [-0.05, 0) is 62.9 Å². The lowest BCUT2D eigenvalue weighted by atomic mass is 9.93. The summed E-state index contributed by atoms with van der Waals surface area (Å²) in [4.78, 5) is 29.7. The van der Waals surface area contributed by atoms with Crippen molar-refractivity contribution in [1.82, 2.24) is 10.4 Å². The molecule has 2 amide bonds. The lowest BCUT2D eigenvalue weighted by Gasteiger charge is -2.13. The predicted octanol–water partition coefficient (Wildman–Crippen LogP) is 5.00. The molecule has 1 aliphatic carbocycles. The zero-order valence-electron chi connectivity index (χ0n) is 19.9. The van der Waals surface area contributed by atoms with E-state index in [1.54, 1.807) is 30.7 Å². The van der Waals surface area contributed by atoms with Crippen molar-refractivity contribution in [3.05, 3.63) is 82.1 Å². The van der Waals surface area contributed by atoms with Gasteiger partial charge in [0.15, 0.2) is 5.76 Å². The number of nitrogens with zero attached hydrogens (tertiary/aromatic N) is 2. The first-order valence-electron chi connectivity index (χ1n) is 11.6. The molecule has 8 nitrogen and oxygen atoms in total. The molecule has 0 spiro atoms. The average molecular weight is 471 g/mol. The van der Waals surface area contributed by atoms with Crippen LogP contribution in [0.4, 0.5) is 5.82 Å². The first-order valence-corrected chi connectivity index (χ1v) is 11.6. The molecule has 5 rings (SSSR count). The van der Waals surface area contributed by atoms with Crippen LogP contribution in [0.25, 0.3) is 11.0 Å². The van der Waals surface area contributed by atoms with Gasteiger partial charge in [-0.1, -0.05) is 12.1 Å². The first kappa shape index (κ1) is 22.6. The molecule has 0 fully saturated rings. The summed E-state index contributed by atoms with van der Waals surface area (Å²) in [5, 5.41) is 8.15. The average Bonchev–Trinajstić information content (AvgIpc) is 3.39. The highest BCUT2D eigenvalue weighted by molar-refractivity contribution is 6.09. The van der Waals surface area contributed by atoms with Gasteiger partial charge in [-0.2, -0.15) is 5.10 Å². The summed E-state index contributed by atoms with van der Waals surface area (Å²) in [6, 6.07) is 9.33. The molecule has 3 heterocycles. The number of hydrazone groups is 1. The Hall–Kier alpha value is -4.20. The second-order valence-corrected chi connectivity index (χ2v) is 8.86. The minimum absolute atomic E-state index is 0.155. The van der Waals surface area contributed by atoms with E-state index in [4.69, 9.17) is 8.83 Å². The zero-order chi connectivity index (χ0) is 24.5. The van der Waals surface area contributed by atoms with Crippen LogP contribution in [0, 0.1) is 20.8 Å². The van der Waals surface area contributed by atoms with Crippen molar-refractivity contribution in [2.24, 2.45) is 5.10 Å². The molecule has 1 aliphatic rings. The maximum absolute atomic E-state index is 12.8. The number of rotatable bonds is 5. The molecule has 0 bridgehead atoms. The van der Waals surface area contributed by atoms with Gasteiger partial charge < -0.3 is 14.2 Å². The smallest absolute Gasteiger partial charge is 0.292 e. The van der Waals surface area contributed by atoms with Crippen molar-refractivity contribution in [2.45, 2.75) is 46.5 Å². The van der Waals surface area contributed by atoms with Crippen LogP contribution in [-0.2, 0) is 17.6 Å². The van der Waals surface area contributed by atoms with Crippen LogP contribution in [-0.4, -0.2) is 22.5 Å². The summed E-state index contributed by atoms with van der Waals surface area (Å²) in [6.07, 6.45) is 5.61. The molecule has 8 heteroatoms. The van der Waals surface area contributed by atoms with Crippen LogP contribution in [0.1, 0.15) is 57.0 Å². The second-order valence-electron chi connectivity index (χ2n) is 8.86. The number of aryl methyl sites for hydroxylation is 3. The Morgan fingerprint density at radius 2 is 2.00 bits per heavy atom. The van der Waals surface area contributed by atoms with Crippen molar-refractivity contribution >= 4 is 34.3 Å². The number of carbonyl (C=O) groups is 2. The van der Waals surface area contributed by atoms with Gasteiger partial charge in [-0.25, -0.2) is 10.4 Å². The summed E-state index contributed by atoms with van der Waals surface area (Å²) >= 11 is 0. The maximum Gasteiger partial charge on any atom is 0.292 e. The molecule has 4 aromatic rings. The molecule has 0 aliphatic heterocycles. The third kappa shape index (κ3) is 4.47. The van der Waals surface area contributed by atoms with E-state index in [1.807, 2.05) is 26.8 Å². The number of nitrogens with one attached hydrogen (secondary N) is 2. The standard InChI is InChI=1S/C27H26N4O4/c1-15-11-16(2)24-18(14-34-21(24)12-15)13-23(32)31-30-19-7-6-8-20-25(19)17(3)26(35-20)27(33)29-22-9-4-5-10-28-22/h4-5,9-12,14H,6-8,13H2,1-3H3,(H,31,32)(H,28,29,33)/b30-19+. The predicted molar refractivity (Wildman–Crippen MR) is 133 cm³/mol. The summed E-state index contributed by atoms with van der Waals surface area (Å²) in [6.45, 7) is 5.86. The van der Waals surface area contributed by atoms with E-state index in [9.17, 15) is 9.59 Å². The number of hydrogen-bond donors (Lipinski definition) is 2. The van der Waals surface area contributed by atoms with Crippen molar-refractivity contribution in [3.8, 4) is 0 Å². The number of carbonyl (C=O) groups excluding carboxylic acids is 2. The van der Waals surface area contributed by atoms with Crippen LogP contribution in [0.15, 0.2) is 56.7 Å². The summed E-state index contributed by atoms with van der Waals surface area (Å²) in [7, 11) is 0. The van der Waals surface area contributed by atoms with Crippen LogP contribution in [0.3, 0.4) is 0 Å².